The summed E-state index contributed by atoms with van der Waals surface area (Å²) in [6.07, 6.45) is 7.40. The highest BCUT2D eigenvalue weighted by Gasteiger charge is 2.18. The van der Waals surface area contributed by atoms with Crippen LogP contribution < -0.4 is 10.2 Å². The molecule has 1 aliphatic heterocycles. The van der Waals surface area contributed by atoms with Gasteiger partial charge >= 0.3 is 0 Å². The Kier molecular flexibility index (Phi) is 3.60. The number of carbonyl (C=O) groups excluding carboxylic acids is 1. The van der Waals surface area contributed by atoms with E-state index in [4.69, 9.17) is 0 Å². The minimum absolute atomic E-state index is 0.252. The molecule has 1 N–H and O–H groups in total. The topological polar surface area (TPSA) is 75.4 Å². The summed E-state index contributed by atoms with van der Waals surface area (Å²) in [5, 5.41) is 7.06. The van der Waals surface area contributed by atoms with Crippen LogP contribution in [-0.2, 0) is 0 Å². The number of hydrogen-bond donors (Lipinski definition) is 1. The van der Waals surface area contributed by atoms with Crippen LogP contribution in [0, 0.1) is 6.92 Å². The molecule has 0 saturated carbocycles. The lowest BCUT2D eigenvalue weighted by Crippen LogP contribution is -2.19. The lowest BCUT2D eigenvalue weighted by molar-refractivity contribution is 0.102. The summed E-state index contributed by atoms with van der Waals surface area (Å²) in [6.45, 7) is 3.92. The van der Waals surface area contributed by atoms with Gasteiger partial charge in [0.05, 0.1) is 6.20 Å². The summed E-state index contributed by atoms with van der Waals surface area (Å²) >= 11 is 0. The molecule has 0 aromatic carbocycles. The number of hydrogen-bond acceptors (Lipinski definition) is 5. The fourth-order valence-corrected chi connectivity index (χ4v) is 2.93. The average Bonchev–Trinajstić information content (AvgIpc) is 3.25. The first-order chi connectivity index (χ1) is 11.7. The van der Waals surface area contributed by atoms with E-state index in [2.05, 4.69) is 25.3 Å². The van der Waals surface area contributed by atoms with Crippen molar-refractivity contribution in [3.63, 3.8) is 0 Å². The third-order valence-corrected chi connectivity index (χ3v) is 4.27. The first kappa shape index (κ1) is 14.6. The normalized spacial score (nSPS) is 14.3. The fraction of sp³-hybridized carbons (Fsp3) is 0.294. The van der Waals surface area contributed by atoms with Crippen molar-refractivity contribution in [2.24, 2.45) is 0 Å². The van der Waals surface area contributed by atoms with Gasteiger partial charge in [0.15, 0.2) is 5.65 Å². The Morgan fingerprint density at radius 2 is 2.08 bits per heavy atom. The Labute approximate surface area is 139 Å². The zero-order valence-corrected chi connectivity index (χ0v) is 13.4. The van der Waals surface area contributed by atoms with E-state index in [1.165, 1.54) is 12.8 Å². The largest absolute Gasteiger partial charge is 0.357 e. The molecule has 0 atom stereocenters. The van der Waals surface area contributed by atoms with Crippen LogP contribution in [0.2, 0.25) is 0 Å². The van der Waals surface area contributed by atoms with Crippen LogP contribution in [0.1, 0.15) is 28.8 Å². The van der Waals surface area contributed by atoms with E-state index in [0.29, 0.717) is 17.0 Å². The fourth-order valence-electron chi connectivity index (χ4n) is 2.93. The minimum Gasteiger partial charge on any atom is -0.357 e. The zero-order valence-electron chi connectivity index (χ0n) is 13.4. The number of nitrogens with one attached hydrogen (secondary N) is 1. The van der Waals surface area contributed by atoms with Crippen molar-refractivity contribution in [2.75, 3.05) is 23.3 Å². The number of anilines is 2. The smallest absolute Gasteiger partial charge is 0.262 e. The molecule has 1 fully saturated rings. The highest BCUT2D eigenvalue weighted by Crippen LogP contribution is 2.20. The molecule has 3 aromatic heterocycles. The quantitative estimate of drug-likeness (QED) is 0.801. The third-order valence-electron chi connectivity index (χ3n) is 4.27. The number of carbonyl (C=O) groups is 1. The van der Waals surface area contributed by atoms with E-state index in [0.717, 1.165) is 24.5 Å². The van der Waals surface area contributed by atoms with Crippen molar-refractivity contribution in [3.8, 4) is 0 Å². The Bertz CT molecular complexity index is 897. The van der Waals surface area contributed by atoms with Gasteiger partial charge in [0.1, 0.15) is 17.2 Å². The summed E-state index contributed by atoms with van der Waals surface area (Å²) in [4.78, 5) is 23.7. The van der Waals surface area contributed by atoms with Gasteiger partial charge in [0, 0.05) is 25.5 Å². The maximum atomic E-state index is 12.6. The van der Waals surface area contributed by atoms with Crippen molar-refractivity contribution in [2.45, 2.75) is 19.8 Å². The molecule has 1 aliphatic rings. The highest BCUT2D eigenvalue weighted by molar-refractivity contribution is 6.08. The number of aromatic nitrogens is 4. The van der Waals surface area contributed by atoms with Crippen LogP contribution in [0.5, 0.6) is 0 Å². The van der Waals surface area contributed by atoms with Gasteiger partial charge < -0.3 is 10.2 Å². The number of rotatable bonds is 3. The van der Waals surface area contributed by atoms with Crippen LogP contribution in [0.25, 0.3) is 5.65 Å². The van der Waals surface area contributed by atoms with E-state index in [1.807, 2.05) is 31.3 Å². The lowest BCUT2D eigenvalue weighted by Gasteiger charge is -2.16. The molecule has 122 valence electrons. The summed E-state index contributed by atoms with van der Waals surface area (Å²) in [5.74, 6) is 1.19. The molecule has 4 heterocycles. The second-order valence-corrected chi connectivity index (χ2v) is 5.93. The van der Waals surface area contributed by atoms with Crippen molar-refractivity contribution in [1.82, 2.24) is 19.6 Å². The van der Waals surface area contributed by atoms with Gasteiger partial charge in [-0.1, -0.05) is 6.07 Å². The van der Waals surface area contributed by atoms with E-state index >= 15 is 0 Å². The Morgan fingerprint density at radius 3 is 2.88 bits per heavy atom. The molecule has 0 radical (unpaired) electrons. The van der Waals surface area contributed by atoms with Gasteiger partial charge in [0.25, 0.3) is 5.91 Å². The zero-order chi connectivity index (χ0) is 16.5. The Morgan fingerprint density at radius 1 is 1.25 bits per heavy atom. The highest BCUT2D eigenvalue weighted by atomic mass is 16.1. The molecule has 4 rings (SSSR count). The molecular formula is C17H18N6O. The van der Waals surface area contributed by atoms with Gasteiger partial charge in [-0.3, -0.25) is 4.79 Å². The standard InChI is InChI=1S/C17H18N6O/c1-12-5-4-7-18-15(12)21-17(24)13-11-19-23-10-6-14(20-16(13)23)22-8-2-3-9-22/h4-7,10-11H,2-3,8-9H2,1H3,(H,18,21,24). The molecule has 0 spiro atoms. The van der Waals surface area contributed by atoms with Gasteiger partial charge in [-0.05, 0) is 37.5 Å². The van der Waals surface area contributed by atoms with Gasteiger partial charge in [-0.25, -0.2) is 14.5 Å². The summed E-state index contributed by atoms with van der Waals surface area (Å²) in [6, 6.07) is 5.68. The van der Waals surface area contributed by atoms with Crippen molar-refractivity contribution >= 4 is 23.2 Å². The number of amides is 1. The molecule has 0 unspecified atom stereocenters. The number of aryl methyl sites for hydroxylation is 1. The predicted octanol–water partition coefficient (Wildman–Crippen LogP) is 2.29. The Balaban J connectivity index is 1.67. The van der Waals surface area contributed by atoms with E-state index in [9.17, 15) is 4.79 Å². The van der Waals surface area contributed by atoms with Gasteiger partial charge in [-0.15, -0.1) is 0 Å². The van der Waals surface area contributed by atoms with Gasteiger partial charge in [0.2, 0.25) is 0 Å². The molecular weight excluding hydrogens is 304 g/mol. The van der Waals surface area contributed by atoms with Crippen LogP contribution >= 0.6 is 0 Å². The molecule has 0 aliphatic carbocycles. The lowest BCUT2D eigenvalue weighted by atomic mass is 10.2. The van der Waals surface area contributed by atoms with Crippen LogP contribution in [0.3, 0.4) is 0 Å². The van der Waals surface area contributed by atoms with Crippen molar-refractivity contribution in [1.29, 1.82) is 0 Å². The summed E-state index contributed by atoms with van der Waals surface area (Å²) < 4.78 is 1.62. The van der Waals surface area contributed by atoms with E-state index < -0.39 is 0 Å². The molecule has 7 heteroatoms. The monoisotopic (exact) mass is 322 g/mol. The van der Waals surface area contributed by atoms with Crippen molar-refractivity contribution in [3.05, 3.63) is 47.9 Å². The van der Waals surface area contributed by atoms with Crippen molar-refractivity contribution < 1.29 is 4.79 Å². The molecule has 1 amide bonds. The number of pyridine rings is 1. The molecule has 3 aromatic rings. The maximum absolute atomic E-state index is 12.6. The van der Waals surface area contributed by atoms with Crippen LogP contribution in [0.4, 0.5) is 11.6 Å². The molecule has 1 saturated heterocycles. The molecule has 7 nitrogen and oxygen atoms in total. The molecule has 0 bridgehead atoms. The third kappa shape index (κ3) is 2.58. The minimum atomic E-state index is -0.252. The Hall–Kier alpha value is -2.96. The summed E-state index contributed by atoms with van der Waals surface area (Å²) in [7, 11) is 0. The second kappa shape index (κ2) is 5.92. The SMILES string of the molecule is Cc1cccnc1NC(=O)c1cnn2ccc(N3CCCC3)nc12. The van der Waals surface area contributed by atoms with E-state index in [-0.39, 0.29) is 5.91 Å². The molecule has 24 heavy (non-hydrogen) atoms. The first-order valence-electron chi connectivity index (χ1n) is 8.05. The van der Waals surface area contributed by atoms with Crippen LogP contribution in [-0.4, -0.2) is 38.6 Å². The number of nitrogens with zero attached hydrogens (tertiary/aromatic N) is 5. The number of fused-ring (bicyclic) bond motifs is 1. The van der Waals surface area contributed by atoms with Crippen LogP contribution in [0.15, 0.2) is 36.8 Å². The summed E-state index contributed by atoms with van der Waals surface area (Å²) in [5.41, 5.74) is 1.92. The second-order valence-electron chi connectivity index (χ2n) is 5.93. The first-order valence-corrected chi connectivity index (χ1v) is 8.05. The maximum Gasteiger partial charge on any atom is 0.262 e. The average molecular weight is 322 g/mol. The predicted molar refractivity (Wildman–Crippen MR) is 91.4 cm³/mol. The van der Waals surface area contributed by atoms with Gasteiger partial charge in [-0.2, -0.15) is 5.10 Å². The van der Waals surface area contributed by atoms with E-state index in [1.54, 1.807) is 16.9 Å².